The maximum atomic E-state index is 12.0. The topological polar surface area (TPSA) is 85.1 Å². The molecule has 7 heteroatoms. The van der Waals surface area contributed by atoms with Crippen molar-refractivity contribution in [2.45, 2.75) is 13.3 Å². The molecule has 22 heavy (non-hydrogen) atoms. The molecular formula is C15H14ClN3O2S. The summed E-state index contributed by atoms with van der Waals surface area (Å²) in [5.41, 5.74) is 7.18. The highest BCUT2D eigenvalue weighted by Crippen LogP contribution is 2.23. The second-order valence-electron chi connectivity index (χ2n) is 4.58. The van der Waals surface area contributed by atoms with Gasteiger partial charge in [0.15, 0.2) is 5.13 Å². The summed E-state index contributed by atoms with van der Waals surface area (Å²) in [4.78, 5) is 26.9. The Morgan fingerprint density at radius 1 is 1.41 bits per heavy atom. The van der Waals surface area contributed by atoms with E-state index >= 15 is 0 Å². The first-order valence-electron chi connectivity index (χ1n) is 6.42. The molecule has 0 aliphatic carbocycles. The second-order valence-corrected chi connectivity index (χ2v) is 5.85. The number of hydrogen-bond acceptors (Lipinski definition) is 4. The molecule has 3 N–H and O–H groups in total. The molecule has 0 atom stereocenters. The Balaban J connectivity index is 2.06. The average Bonchev–Trinajstić information content (AvgIpc) is 2.85. The van der Waals surface area contributed by atoms with Gasteiger partial charge >= 0.3 is 0 Å². The van der Waals surface area contributed by atoms with Crippen molar-refractivity contribution in [2.24, 2.45) is 5.73 Å². The smallest absolute Gasteiger partial charge is 0.250 e. The Morgan fingerprint density at radius 2 is 2.14 bits per heavy atom. The third kappa shape index (κ3) is 4.41. The third-order valence-corrected chi connectivity index (χ3v) is 3.92. The van der Waals surface area contributed by atoms with Crippen molar-refractivity contribution in [1.82, 2.24) is 4.98 Å². The van der Waals surface area contributed by atoms with E-state index in [4.69, 9.17) is 17.3 Å². The molecule has 0 spiro atoms. The molecule has 1 aromatic carbocycles. The minimum absolute atomic E-state index is 0.0564. The maximum Gasteiger partial charge on any atom is 0.250 e. The van der Waals surface area contributed by atoms with E-state index < -0.39 is 5.91 Å². The molecule has 114 valence electrons. The van der Waals surface area contributed by atoms with Crippen LogP contribution in [0.5, 0.6) is 0 Å². The van der Waals surface area contributed by atoms with Gasteiger partial charge in [-0.1, -0.05) is 29.8 Å². The van der Waals surface area contributed by atoms with E-state index in [1.54, 1.807) is 18.4 Å². The van der Waals surface area contributed by atoms with Gasteiger partial charge in [-0.25, -0.2) is 4.98 Å². The number of thiazole rings is 1. The molecule has 1 aromatic heterocycles. The lowest BCUT2D eigenvalue weighted by Gasteiger charge is -2.04. The molecule has 2 aromatic rings. The van der Waals surface area contributed by atoms with Crippen molar-refractivity contribution in [3.05, 3.63) is 52.0 Å². The highest BCUT2D eigenvalue weighted by molar-refractivity contribution is 7.14. The predicted octanol–water partition coefficient (Wildman–Crippen LogP) is 2.87. The number of carbonyl (C=O) groups is 2. The van der Waals surface area contributed by atoms with Crippen molar-refractivity contribution in [1.29, 1.82) is 0 Å². The number of anilines is 1. The summed E-state index contributed by atoms with van der Waals surface area (Å²) in [6.45, 7) is 1.81. The number of benzene rings is 1. The fourth-order valence-corrected chi connectivity index (χ4v) is 2.82. The van der Waals surface area contributed by atoms with Crippen LogP contribution in [0.15, 0.2) is 35.7 Å². The van der Waals surface area contributed by atoms with Crippen LogP contribution >= 0.6 is 22.9 Å². The summed E-state index contributed by atoms with van der Waals surface area (Å²) in [5.74, 6) is -0.768. The maximum absolute atomic E-state index is 12.0. The van der Waals surface area contributed by atoms with Crippen LogP contribution < -0.4 is 11.1 Å². The molecule has 0 radical (unpaired) electrons. The number of hydrogen-bond donors (Lipinski definition) is 2. The van der Waals surface area contributed by atoms with Crippen LogP contribution in [0.4, 0.5) is 5.13 Å². The fraction of sp³-hybridized carbons (Fsp3) is 0.133. The lowest BCUT2D eigenvalue weighted by atomic mass is 10.1. The van der Waals surface area contributed by atoms with Gasteiger partial charge in [0, 0.05) is 16.5 Å². The number of primary amides is 1. The number of halogens is 1. The first-order chi connectivity index (χ1) is 10.5. The summed E-state index contributed by atoms with van der Waals surface area (Å²) < 4.78 is 0. The zero-order valence-electron chi connectivity index (χ0n) is 11.8. The van der Waals surface area contributed by atoms with Gasteiger partial charge in [0.05, 0.1) is 12.1 Å². The van der Waals surface area contributed by atoms with Crippen molar-refractivity contribution in [3.8, 4) is 0 Å². The van der Waals surface area contributed by atoms with Crippen LogP contribution in [-0.2, 0) is 16.0 Å². The van der Waals surface area contributed by atoms with Gasteiger partial charge in [-0.2, -0.15) is 0 Å². The molecule has 0 saturated heterocycles. The van der Waals surface area contributed by atoms with Gasteiger partial charge < -0.3 is 5.73 Å². The number of carbonyl (C=O) groups excluding carboxylic acids is 2. The van der Waals surface area contributed by atoms with Crippen LogP contribution in [-0.4, -0.2) is 16.8 Å². The lowest BCUT2D eigenvalue weighted by molar-refractivity contribution is -0.117. The SMILES string of the molecule is CC(=CC(=O)Nc1nc(CC(N)=O)cs1)c1ccccc1Cl. The minimum Gasteiger partial charge on any atom is -0.369 e. The number of rotatable bonds is 5. The average molecular weight is 336 g/mol. The van der Waals surface area contributed by atoms with Gasteiger partial charge in [-0.15, -0.1) is 11.3 Å². The predicted molar refractivity (Wildman–Crippen MR) is 88.7 cm³/mol. The lowest BCUT2D eigenvalue weighted by Crippen LogP contribution is -2.14. The Kier molecular flexibility index (Phi) is 5.30. The van der Waals surface area contributed by atoms with Gasteiger partial charge in [0.1, 0.15) is 0 Å². The molecule has 5 nitrogen and oxygen atoms in total. The molecule has 0 aliphatic heterocycles. The summed E-state index contributed by atoms with van der Waals surface area (Å²) in [5, 5.41) is 5.34. The molecule has 0 bridgehead atoms. The summed E-state index contributed by atoms with van der Waals surface area (Å²) in [7, 11) is 0. The minimum atomic E-state index is -0.461. The van der Waals surface area contributed by atoms with Crippen molar-refractivity contribution in [2.75, 3.05) is 5.32 Å². The Labute approximate surface area is 136 Å². The van der Waals surface area contributed by atoms with Gasteiger partial charge in [-0.05, 0) is 24.1 Å². The van der Waals surface area contributed by atoms with E-state index in [1.165, 1.54) is 17.4 Å². The molecule has 2 rings (SSSR count). The third-order valence-electron chi connectivity index (χ3n) is 2.78. The molecule has 0 fully saturated rings. The van der Waals surface area contributed by atoms with Gasteiger partial charge in [-0.3, -0.25) is 14.9 Å². The monoisotopic (exact) mass is 335 g/mol. The van der Waals surface area contributed by atoms with Crippen molar-refractivity contribution < 1.29 is 9.59 Å². The molecule has 1 heterocycles. The number of allylic oxidation sites excluding steroid dienone is 1. The Morgan fingerprint density at radius 3 is 2.82 bits per heavy atom. The van der Waals surface area contributed by atoms with Crippen LogP contribution in [0, 0.1) is 0 Å². The summed E-state index contributed by atoms with van der Waals surface area (Å²) >= 11 is 7.33. The number of nitrogens with zero attached hydrogens (tertiary/aromatic N) is 1. The number of amides is 2. The van der Waals surface area contributed by atoms with Crippen LogP contribution in [0.1, 0.15) is 18.2 Å². The van der Waals surface area contributed by atoms with E-state index in [0.717, 1.165) is 11.1 Å². The van der Waals surface area contributed by atoms with Crippen LogP contribution in [0.2, 0.25) is 5.02 Å². The van der Waals surface area contributed by atoms with Crippen LogP contribution in [0.3, 0.4) is 0 Å². The van der Waals surface area contributed by atoms with Crippen LogP contribution in [0.25, 0.3) is 5.57 Å². The highest BCUT2D eigenvalue weighted by Gasteiger charge is 2.08. The van der Waals surface area contributed by atoms with E-state index in [-0.39, 0.29) is 12.3 Å². The Hall–Kier alpha value is -2.18. The molecule has 0 unspecified atom stereocenters. The second kappa shape index (κ2) is 7.20. The first kappa shape index (κ1) is 16.2. The highest BCUT2D eigenvalue weighted by atomic mass is 35.5. The summed E-state index contributed by atoms with van der Waals surface area (Å²) in [6.07, 6.45) is 1.51. The molecule has 0 aliphatic rings. The number of nitrogens with two attached hydrogens (primary N) is 1. The summed E-state index contributed by atoms with van der Waals surface area (Å²) in [6, 6.07) is 7.29. The van der Waals surface area contributed by atoms with E-state index in [2.05, 4.69) is 10.3 Å². The molecule has 0 saturated carbocycles. The fourth-order valence-electron chi connectivity index (χ4n) is 1.82. The number of nitrogens with one attached hydrogen (secondary N) is 1. The van der Waals surface area contributed by atoms with E-state index in [0.29, 0.717) is 15.8 Å². The van der Waals surface area contributed by atoms with E-state index in [1.807, 2.05) is 18.2 Å². The molecular weight excluding hydrogens is 322 g/mol. The van der Waals surface area contributed by atoms with Gasteiger partial charge in [0.25, 0.3) is 0 Å². The molecule has 2 amide bonds. The van der Waals surface area contributed by atoms with Crippen molar-refractivity contribution in [3.63, 3.8) is 0 Å². The van der Waals surface area contributed by atoms with Crippen molar-refractivity contribution >= 4 is 45.5 Å². The Bertz CT molecular complexity index is 740. The number of aromatic nitrogens is 1. The standard InChI is InChI=1S/C15H14ClN3O2S/c1-9(11-4-2-3-5-12(11)16)6-14(21)19-15-18-10(8-22-15)7-13(17)20/h2-6,8H,7H2,1H3,(H2,17,20)(H,18,19,21). The van der Waals surface area contributed by atoms with Gasteiger partial charge in [0.2, 0.25) is 11.8 Å². The zero-order chi connectivity index (χ0) is 16.1. The normalized spacial score (nSPS) is 11.3. The van der Waals surface area contributed by atoms with E-state index in [9.17, 15) is 9.59 Å². The first-order valence-corrected chi connectivity index (χ1v) is 7.68. The largest absolute Gasteiger partial charge is 0.369 e. The zero-order valence-corrected chi connectivity index (χ0v) is 13.4. The quantitative estimate of drug-likeness (QED) is 0.824.